The Morgan fingerprint density at radius 3 is 2.59 bits per heavy atom. The highest BCUT2D eigenvalue weighted by molar-refractivity contribution is 8.01. The summed E-state index contributed by atoms with van der Waals surface area (Å²) >= 11 is 1.65. The zero-order chi connectivity index (χ0) is 16.0. The van der Waals surface area contributed by atoms with Crippen molar-refractivity contribution in [3.05, 3.63) is 0 Å². The van der Waals surface area contributed by atoms with Crippen LogP contribution >= 0.6 is 11.8 Å². The molecule has 2 atom stereocenters. The van der Waals surface area contributed by atoms with Crippen molar-refractivity contribution in [3.8, 4) is 0 Å². The molecule has 2 heterocycles. The number of hydrogen-bond acceptors (Lipinski definition) is 4. The molecule has 6 nitrogen and oxygen atoms in total. The molecule has 2 saturated heterocycles. The van der Waals surface area contributed by atoms with Gasteiger partial charge in [-0.1, -0.05) is 19.3 Å². The third-order valence-electron chi connectivity index (χ3n) is 5.29. The Balaban J connectivity index is 1.76. The van der Waals surface area contributed by atoms with E-state index in [2.05, 4.69) is 5.32 Å². The number of amides is 3. The second-order valence-electron chi connectivity index (χ2n) is 6.76. The number of hydrogen-bond donors (Lipinski definition) is 2. The Labute approximate surface area is 134 Å². The first-order chi connectivity index (χ1) is 10.4. The van der Waals surface area contributed by atoms with Crippen molar-refractivity contribution in [2.45, 2.75) is 68.3 Å². The Hall–Kier alpha value is -1.24. The zero-order valence-electron chi connectivity index (χ0n) is 12.9. The summed E-state index contributed by atoms with van der Waals surface area (Å²) < 4.78 is 0. The minimum Gasteiger partial charge on any atom is -0.368 e. The van der Waals surface area contributed by atoms with Gasteiger partial charge in [0.15, 0.2) is 0 Å². The van der Waals surface area contributed by atoms with Crippen LogP contribution in [0.25, 0.3) is 0 Å². The fourth-order valence-electron chi connectivity index (χ4n) is 3.92. The topological polar surface area (TPSA) is 92.5 Å². The van der Waals surface area contributed by atoms with Gasteiger partial charge in [0.05, 0.1) is 4.87 Å². The normalized spacial score (nSPS) is 33.6. The lowest BCUT2D eigenvalue weighted by Crippen LogP contribution is -2.62. The Morgan fingerprint density at radius 1 is 1.27 bits per heavy atom. The lowest BCUT2D eigenvalue weighted by Gasteiger charge is -2.37. The summed E-state index contributed by atoms with van der Waals surface area (Å²) in [6.45, 7) is 2.01. The van der Waals surface area contributed by atoms with E-state index in [-0.39, 0.29) is 16.7 Å². The minimum absolute atomic E-state index is 0.0319. The summed E-state index contributed by atoms with van der Waals surface area (Å²) in [7, 11) is 0. The third kappa shape index (κ3) is 2.39. The highest BCUT2D eigenvalue weighted by Crippen LogP contribution is 2.47. The molecule has 22 heavy (non-hydrogen) atoms. The van der Waals surface area contributed by atoms with Crippen molar-refractivity contribution in [1.29, 1.82) is 0 Å². The van der Waals surface area contributed by atoms with E-state index in [1.165, 1.54) is 0 Å². The number of carbonyl (C=O) groups excluding carboxylic acids is 3. The second-order valence-corrected chi connectivity index (χ2v) is 8.26. The number of primary amides is 1. The average molecular weight is 325 g/mol. The molecule has 0 aromatic rings. The molecule has 0 aromatic heterocycles. The Kier molecular flexibility index (Phi) is 3.87. The van der Waals surface area contributed by atoms with Crippen molar-refractivity contribution in [2.24, 2.45) is 5.73 Å². The van der Waals surface area contributed by atoms with Crippen LogP contribution in [0.2, 0.25) is 0 Å². The average Bonchev–Trinajstić information content (AvgIpc) is 2.97. The van der Waals surface area contributed by atoms with Gasteiger partial charge in [-0.15, -0.1) is 11.8 Å². The molecule has 1 saturated carbocycles. The van der Waals surface area contributed by atoms with Crippen molar-refractivity contribution in [2.75, 3.05) is 5.75 Å². The van der Waals surface area contributed by atoms with Crippen LogP contribution in [-0.4, -0.2) is 44.8 Å². The van der Waals surface area contributed by atoms with E-state index in [1.807, 2.05) is 6.92 Å². The largest absolute Gasteiger partial charge is 0.368 e. The summed E-state index contributed by atoms with van der Waals surface area (Å²) in [4.78, 5) is 38.2. The number of thioether (sulfide) groups is 1. The van der Waals surface area contributed by atoms with Crippen LogP contribution in [-0.2, 0) is 14.4 Å². The van der Waals surface area contributed by atoms with Gasteiger partial charge in [0, 0.05) is 12.2 Å². The van der Waals surface area contributed by atoms with E-state index in [9.17, 15) is 14.4 Å². The number of nitrogens with two attached hydrogens (primary N) is 1. The van der Waals surface area contributed by atoms with Gasteiger partial charge in [-0.3, -0.25) is 14.4 Å². The first-order valence-electron chi connectivity index (χ1n) is 7.96. The van der Waals surface area contributed by atoms with Gasteiger partial charge in [-0.2, -0.15) is 0 Å². The summed E-state index contributed by atoms with van der Waals surface area (Å²) in [5, 5.41) is 2.90. The molecule has 3 fully saturated rings. The number of nitrogens with zero attached hydrogens (tertiary/aromatic N) is 1. The van der Waals surface area contributed by atoms with E-state index in [0.717, 1.165) is 25.7 Å². The monoisotopic (exact) mass is 325 g/mol. The van der Waals surface area contributed by atoms with Crippen LogP contribution in [0.15, 0.2) is 0 Å². The molecule has 3 rings (SSSR count). The van der Waals surface area contributed by atoms with Crippen LogP contribution < -0.4 is 11.1 Å². The maximum atomic E-state index is 12.7. The highest BCUT2D eigenvalue weighted by Gasteiger charge is 2.54. The third-order valence-corrected chi connectivity index (χ3v) is 6.79. The summed E-state index contributed by atoms with van der Waals surface area (Å²) in [6.07, 6.45) is 5.31. The SMILES string of the molecule is C[C@@]12CCC(=O)N1[C@H](C(=O)NC1(C(N)=O)CCCCC1)CS2. The molecule has 1 aliphatic carbocycles. The summed E-state index contributed by atoms with van der Waals surface area (Å²) in [6, 6.07) is -0.483. The predicted molar refractivity (Wildman–Crippen MR) is 83.9 cm³/mol. The van der Waals surface area contributed by atoms with E-state index >= 15 is 0 Å². The quantitative estimate of drug-likeness (QED) is 0.800. The standard InChI is InChI=1S/C15H23N3O3S/c1-14-8-5-11(19)18(14)10(9-22-14)12(20)17-15(13(16)21)6-3-2-4-7-15/h10H,2-9H2,1H3,(H2,16,21)(H,17,20)/t10-,14+/m0/s1. The fraction of sp³-hybridized carbons (Fsp3) is 0.800. The van der Waals surface area contributed by atoms with Crippen LogP contribution in [0.4, 0.5) is 0 Å². The van der Waals surface area contributed by atoms with Gasteiger partial charge in [-0.05, 0) is 26.2 Å². The molecule has 3 aliphatic rings. The van der Waals surface area contributed by atoms with Crippen LogP contribution in [0, 0.1) is 0 Å². The highest BCUT2D eigenvalue weighted by atomic mass is 32.2. The van der Waals surface area contributed by atoms with Crippen molar-refractivity contribution >= 4 is 29.5 Å². The van der Waals surface area contributed by atoms with Crippen LogP contribution in [0.1, 0.15) is 51.9 Å². The molecule has 3 amide bonds. The maximum Gasteiger partial charge on any atom is 0.244 e. The van der Waals surface area contributed by atoms with Crippen LogP contribution in [0.5, 0.6) is 0 Å². The first-order valence-corrected chi connectivity index (χ1v) is 8.95. The molecule has 122 valence electrons. The molecule has 0 bridgehead atoms. The van der Waals surface area contributed by atoms with E-state index in [4.69, 9.17) is 5.73 Å². The molecule has 0 radical (unpaired) electrons. The van der Waals surface area contributed by atoms with E-state index < -0.39 is 17.5 Å². The molecule has 0 unspecified atom stereocenters. The summed E-state index contributed by atoms with van der Waals surface area (Å²) in [5.74, 6) is -0.0681. The Morgan fingerprint density at radius 2 is 1.95 bits per heavy atom. The first kappa shape index (κ1) is 15.6. The number of rotatable bonds is 3. The van der Waals surface area contributed by atoms with Crippen molar-refractivity contribution in [3.63, 3.8) is 0 Å². The second kappa shape index (κ2) is 5.44. The number of nitrogens with one attached hydrogen (secondary N) is 1. The molecular weight excluding hydrogens is 302 g/mol. The summed E-state index contributed by atoms with van der Waals surface area (Å²) in [5.41, 5.74) is 4.64. The van der Waals surface area contributed by atoms with Gasteiger partial charge >= 0.3 is 0 Å². The molecule has 2 aliphatic heterocycles. The number of carbonyl (C=O) groups is 3. The zero-order valence-corrected chi connectivity index (χ0v) is 13.7. The molecule has 3 N–H and O–H groups in total. The molecule has 0 spiro atoms. The van der Waals surface area contributed by atoms with Crippen molar-refractivity contribution < 1.29 is 14.4 Å². The minimum atomic E-state index is -0.929. The van der Waals surface area contributed by atoms with Gasteiger partial charge < -0.3 is 16.0 Å². The fourth-order valence-corrected chi connectivity index (χ4v) is 5.35. The maximum absolute atomic E-state index is 12.7. The van der Waals surface area contributed by atoms with Gasteiger partial charge in [0.2, 0.25) is 17.7 Å². The molecular formula is C15H23N3O3S. The molecule has 0 aromatic carbocycles. The van der Waals surface area contributed by atoms with E-state index in [0.29, 0.717) is 25.0 Å². The van der Waals surface area contributed by atoms with Gasteiger partial charge in [-0.25, -0.2) is 0 Å². The Bertz CT molecular complexity index is 518. The number of fused-ring (bicyclic) bond motifs is 1. The lowest BCUT2D eigenvalue weighted by molar-refractivity contribution is -0.141. The smallest absolute Gasteiger partial charge is 0.244 e. The molecule has 7 heteroatoms. The van der Waals surface area contributed by atoms with Gasteiger partial charge in [0.25, 0.3) is 0 Å². The van der Waals surface area contributed by atoms with E-state index in [1.54, 1.807) is 16.7 Å². The van der Waals surface area contributed by atoms with Gasteiger partial charge in [0.1, 0.15) is 11.6 Å². The predicted octanol–water partition coefficient (Wildman–Crippen LogP) is 0.745. The van der Waals surface area contributed by atoms with Crippen LogP contribution in [0.3, 0.4) is 0 Å². The van der Waals surface area contributed by atoms with Crippen molar-refractivity contribution in [1.82, 2.24) is 10.2 Å². The lowest BCUT2D eigenvalue weighted by atomic mass is 9.81.